The van der Waals surface area contributed by atoms with E-state index in [4.69, 9.17) is 0 Å². The van der Waals surface area contributed by atoms with E-state index in [0.717, 1.165) is 44.6 Å². The molecule has 2 aliphatic heterocycles. The lowest BCUT2D eigenvalue weighted by Crippen LogP contribution is -2.29. The fourth-order valence-corrected chi connectivity index (χ4v) is 3.18. The van der Waals surface area contributed by atoms with Crippen molar-refractivity contribution in [2.75, 3.05) is 31.1 Å². The number of aromatic nitrogens is 1. The predicted molar refractivity (Wildman–Crippen MR) is 72.4 cm³/mol. The van der Waals surface area contributed by atoms with Gasteiger partial charge in [0.05, 0.1) is 4.92 Å². The molecule has 102 valence electrons. The first-order chi connectivity index (χ1) is 9.10. The molecule has 1 unspecified atom stereocenters. The van der Waals surface area contributed by atoms with Gasteiger partial charge in [0.15, 0.2) is 0 Å². The molecule has 2 fully saturated rings. The maximum Gasteiger partial charge on any atom is 0.311 e. The van der Waals surface area contributed by atoms with Gasteiger partial charge in [-0.2, -0.15) is 0 Å². The molecule has 1 atom stereocenters. The monoisotopic (exact) mass is 262 g/mol. The van der Waals surface area contributed by atoms with Crippen LogP contribution in [0.15, 0.2) is 12.3 Å². The van der Waals surface area contributed by atoms with Crippen LogP contribution in [0, 0.1) is 22.5 Å². The van der Waals surface area contributed by atoms with Gasteiger partial charge in [0.2, 0.25) is 5.82 Å². The molecule has 0 amide bonds. The second kappa shape index (κ2) is 4.45. The average molecular weight is 262 g/mol. The third-order valence-electron chi connectivity index (χ3n) is 4.25. The van der Waals surface area contributed by atoms with Crippen LogP contribution >= 0.6 is 0 Å². The van der Waals surface area contributed by atoms with E-state index in [1.807, 2.05) is 6.92 Å². The Morgan fingerprint density at radius 2 is 2.37 bits per heavy atom. The second-order valence-corrected chi connectivity index (χ2v) is 5.71. The summed E-state index contributed by atoms with van der Waals surface area (Å²) >= 11 is 0. The summed E-state index contributed by atoms with van der Waals surface area (Å²) < 4.78 is 0. The minimum Gasteiger partial charge on any atom is -0.350 e. The fourth-order valence-electron chi connectivity index (χ4n) is 3.18. The number of nitrogens with one attached hydrogen (secondary N) is 1. The van der Waals surface area contributed by atoms with E-state index in [9.17, 15) is 10.1 Å². The van der Waals surface area contributed by atoms with Crippen LogP contribution in [0.4, 0.5) is 11.5 Å². The van der Waals surface area contributed by atoms with Crippen molar-refractivity contribution in [2.24, 2.45) is 5.41 Å². The van der Waals surface area contributed by atoms with Gasteiger partial charge >= 0.3 is 5.69 Å². The Hall–Kier alpha value is -1.69. The molecular weight excluding hydrogens is 244 g/mol. The first-order valence-corrected chi connectivity index (χ1v) is 6.66. The highest BCUT2D eigenvalue weighted by Gasteiger charge is 2.42. The Balaban J connectivity index is 1.89. The normalized spacial score (nSPS) is 26.3. The molecule has 1 N–H and O–H groups in total. The van der Waals surface area contributed by atoms with Gasteiger partial charge in [-0.1, -0.05) is 0 Å². The van der Waals surface area contributed by atoms with E-state index in [0.29, 0.717) is 11.2 Å². The molecule has 0 bridgehead atoms. The highest BCUT2D eigenvalue weighted by molar-refractivity contribution is 5.59. The number of anilines is 1. The van der Waals surface area contributed by atoms with E-state index in [-0.39, 0.29) is 10.6 Å². The van der Waals surface area contributed by atoms with Gasteiger partial charge in [-0.25, -0.2) is 4.98 Å². The Morgan fingerprint density at radius 1 is 1.53 bits per heavy atom. The van der Waals surface area contributed by atoms with E-state index < -0.39 is 0 Å². The summed E-state index contributed by atoms with van der Waals surface area (Å²) in [5.41, 5.74) is 1.25. The molecule has 19 heavy (non-hydrogen) atoms. The number of nitro groups is 1. The third kappa shape index (κ3) is 2.16. The van der Waals surface area contributed by atoms with Gasteiger partial charge in [-0.15, -0.1) is 0 Å². The van der Waals surface area contributed by atoms with Gasteiger partial charge in [-0.3, -0.25) is 10.1 Å². The zero-order valence-corrected chi connectivity index (χ0v) is 11.1. The molecule has 1 aromatic heterocycles. The maximum atomic E-state index is 11.2. The summed E-state index contributed by atoms with van der Waals surface area (Å²) in [5.74, 6) is 0.527. The van der Waals surface area contributed by atoms with Gasteiger partial charge < -0.3 is 10.2 Å². The van der Waals surface area contributed by atoms with Gasteiger partial charge in [0.25, 0.3) is 0 Å². The molecule has 3 rings (SSSR count). The first-order valence-electron chi connectivity index (χ1n) is 6.66. The van der Waals surface area contributed by atoms with Gasteiger partial charge in [0, 0.05) is 37.3 Å². The molecule has 0 radical (unpaired) electrons. The van der Waals surface area contributed by atoms with Crippen molar-refractivity contribution >= 4 is 11.5 Å². The average Bonchev–Trinajstić information content (AvgIpc) is 3.00. The van der Waals surface area contributed by atoms with E-state index in [2.05, 4.69) is 15.2 Å². The minimum absolute atomic E-state index is 0.128. The Labute approximate surface area is 112 Å². The lowest BCUT2D eigenvalue weighted by Gasteiger charge is -2.23. The Kier molecular flexibility index (Phi) is 2.89. The van der Waals surface area contributed by atoms with Crippen LogP contribution < -0.4 is 10.2 Å². The third-order valence-corrected chi connectivity index (χ3v) is 4.25. The minimum atomic E-state index is -0.326. The second-order valence-electron chi connectivity index (χ2n) is 5.71. The summed E-state index contributed by atoms with van der Waals surface area (Å²) in [5, 5.41) is 14.6. The molecule has 2 saturated heterocycles. The number of hydrogen-bond donors (Lipinski definition) is 1. The standard InChI is InChI=1S/C13H18N4O2/c1-10-6-11(17(18)19)12(15-7-10)16-5-3-13(9-16)2-4-14-8-13/h6-7,14H,2-5,8-9H2,1H3. The van der Waals surface area contributed by atoms with E-state index >= 15 is 0 Å². The molecular formula is C13H18N4O2. The zero-order chi connectivity index (χ0) is 13.5. The van der Waals surface area contributed by atoms with Crippen molar-refractivity contribution in [3.63, 3.8) is 0 Å². The van der Waals surface area contributed by atoms with Crippen molar-refractivity contribution < 1.29 is 4.92 Å². The van der Waals surface area contributed by atoms with Crippen molar-refractivity contribution in [3.05, 3.63) is 27.9 Å². The van der Waals surface area contributed by atoms with Crippen LogP contribution in [-0.4, -0.2) is 36.1 Å². The molecule has 3 heterocycles. The zero-order valence-electron chi connectivity index (χ0n) is 11.1. The molecule has 0 aliphatic carbocycles. The molecule has 1 aromatic rings. The molecule has 0 aromatic carbocycles. The number of rotatable bonds is 2. The maximum absolute atomic E-state index is 11.2. The summed E-state index contributed by atoms with van der Waals surface area (Å²) in [6.45, 7) is 5.63. The van der Waals surface area contributed by atoms with Crippen LogP contribution in [0.2, 0.25) is 0 Å². The van der Waals surface area contributed by atoms with E-state index in [1.165, 1.54) is 0 Å². The Morgan fingerprint density at radius 3 is 3.05 bits per heavy atom. The molecule has 1 spiro atoms. The van der Waals surface area contributed by atoms with Gasteiger partial charge in [-0.05, 0) is 31.9 Å². The Bertz CT molecular complexity index is 511. The highest BCUT2D eigenvalue weighted by atomic mass is 16.6. The van der Waals surface area contributed by atoms with Gasteiger partial charge in [0.1, 0.15) is 0 Å². The SMILES string of the molecule is Cc1cnc(N2CCC3(CCNC3)C2)c([N+](=O)[O-])c1. The number of pyridine rings is 1. The predicted octanol–water partition coefficient (Wildman–Crippen LogP) is 1.49. The van der Waals surface area contributed by atoms with Crippen molar-refractivity contribution in [3.8, 4) is 0 Å². The van der Waals surface area contributed by atoms with Crippen LogP contribution in [-0.2, 0) is 0 Å². The topological polar surface area (TPSA) is 71.3 Å². The van der Waals surface area contributed by atoms with Crippen molar-refractivity contribution in [2.45, 2.75) is 19.8 Å². The van der Waals surface area contributed by atoms with Crippen LogP contribution in [0.5, 0.6) is 0 Å². The first kappa shape index (κ1) is 12.3. The number of hydrogen-bond acceptors (Lipinski definition) is 5. The lowest BCUT2D eigenvalue weighted by atomic mass is 9.87. The lowest BCUT2D eigenvalue weighted by molar-refractivity contribution is -0.384. The smallest absolute Gasteiger partial charge is 0.311 e. The fraction of sp³-hybridized carbons (Fsp3) is 0.615. The number of aryl methyl sites for hydroxylation is 1. The van der Waals surface area contributed by atoms with Crippen LogP contribution in [0.3, 0.4) is 0 Å². The van der Waals surface area contributed by atoms with E-state index in [1.54, 1.807) is 12.3 Å². The molecule has 0 saturated carbocycles. The van der Waals surface area contributed by atoms with Crippen LogP contribution in [0.1, 0.15) is 18.4 Å². The summed E-state index contributed by atoms with van der Waals surface area (Å²) in [4.78, 5) is 17.2. The van der Waals surface area contributed by atoms with Crippen molar-refractivity contribution in [1.29, 1.82) is 0 Å². The largest absolute Gasteiger partial charge is 0.350 e. The number of nitrogens with zero attached hydrogens (tertiary/aromatic N) is 3. The van der Waals surface area contributed by atoms with Crippen LogP contribution in [0.25, 0.3) is 0 Å². The summed E-state index contributed by atoms with van der Waals surface area (Å²) in [7, 11) is 0. The molecule has 6 nitrogen and oxygen atoms in total. The quantitative estimate of drug-likeness (QED) is 0.646. The summed E-state index contributed by atoms with van der Waals surface area (Å²) in [6.07, 6.45) is 3.95. The molecule has 6 heteroatoms. The summed E-state index contributed by atoms with van der Waals surface area (Å²) in [6, 6.07) is 1.61. The molecule has 2 aliphatic rings. The van der Waals surface area contributed by atoms with Crippen molar-refractivity contribution in [1.82, 2.24) is 10.3 Å². The highest BCUT2D eigenvalue weighted by Crippen LogP contribution is 2.39.